The first-order valence-corrected chi connectivity index (χ1v) is 8.63. The van der Waals surface area contributed by atoms with Crippen LogP contribution in [0.25, 0.3) is 0 Å². The van der Waals surface area contributed by atoms with Crippen LogP contribution in [0.1, 0.15) is 90.4 Å². The molecule has 1 atom stereocenters. The molecule has 0 heterocycles. The van der Waals surface area contributed by atoms with Crippen molar-refractivity contribution in [2.24, 2.45) is 11.7 Å². The molecular formula is C17H34NO2-. The SMILES string of the molecule is CCCCCCCCCCC(CCCCCN)C(=O)[O-]. The number of carbonyl (C=O) groups excluding carboxylic acids is 1. The number of hydrogen-bond donors (Lipinski definition) is 1. The van der Waals surface area contributed by atoms with Crippen LogP contribution in [0.2, 0.25) is 0 Å². The summed E-state index contributed by atoms with van der Waals surface area (Å²) in [6, 6.07) is 0. The molecule has 0 aromatic carbocycles. The van der Waals surface area contributed by atoms with Gasteiger partial charge in [-0.3, -0.25) is 0 Å². The first-order valence-electron chi connectivity index (χ1n) is 8.63. The Morgan fingerprint density at radius 3 is 1.75 bits per heavy atom. The molecule has 0 amide bonds. The van der Waals surface area contributed by atoms with Gasteiger partial charge in [-0.25, -0.2) is 0 Å². The molecule has 0 rings (SSSR count). The van der Waals surface area contributed by atoms with Crippen LogP contribution in [-0.2, 0) is 4.79 Å². The number of nitrogens with two attached hydrogens (primary N) is 1. The Bertz CT molecular complexity index is 219. The van der Waals surface area contributed by atoms with Crippen LogP contribution in [0.3, 0.4) is 0 Å². The van der Waals surface area contributed by atoms with E-state index < -0.39 is 5.97 Å². The summed E-state index contributed by atoms with van der Waals surface area (Å²) in [5, 5.41) is 11.1. The number of carbonyl (C=O) groups is 1. The van der Waals surface area contributed by atoms with Gasteiger partial charge in [0.1, 0.15) is 0 Å². The van der Waals surface area contributed by atoms with Crippen molar-refractivity contribution in [3.05, 3.63) is 0 Å². The number of hydrogen-bond acceptors (Lipinski definition) is 3. The number of carboxylic acids is 1. The summed E-state index contributed by atoms with van der Waals surface area (Å²) in [4.78, 5) is 11.1. The van der Waals surface area contributed by atoms with Crippen molar-refractivity contribution < 1.29 is 9.90 Å². The minimum atomic E-state index is -0.860. The lowest BCUT2D eigenvalue weighted by Gasteiger charge is -2.17. The van der Waals surface area contributed by atoms with Gasteiger partial charge in [0, 0.05) is 5.97 Å². The molecule has 2 N–H and O–H groups in total. The largest absolute Gasteiger partial charge is 0.550 e. The molecule has 0 fully saturated rings. The monoisotopic (exact) mass is 284 g/mol. The highest BCUT2D eigenvalue weighted by Crippen LogP contribution is 2.18. The third kappa shape index (κ3) is 12.5. The summed E-state index contributed by atoms with van der Waals surface area (Å²) in [7, 11) is 0. The lowest BCUT2D eigenvalue weighted by molar-refractivity contribution is -0.312. The molecule has 0 bridgehead atoms. The van der Waals surface area contributed by atoms with E-state index in [0.717, 1.165) is 38.5 Å². The molecule has 3 heteroatoms. The molecule has 0 aliphatic rings. The molecule has 0 aliphatic heterocycles. The molecule has 0 saturated carbocycles. The van der Waals surface area contributed by atoms with E-state index in [9.17, 15) is 9.90 Å². The second-order valence-corrected chi connectivity index (χ2v) is 5.92. The van der Waals surface area contributed by atoms with Gasteiger partial charge in [0.15, 0.2) is 0 Å². The maximum atomic E-state index is 11.1. The predicted octanol–water partition coefficient (Wildman–Crippen LogP) is 3.40. The van der Waals surface area contributed by atoms with Gasteiger partial charge in [0.05, 0.1) is 0 Å². The van der Waals surface area contributed by atoms with Crippen molar-refractivity contribution >= 4 is 5.97 Å². The zero-order valence-electron chi connectivity index (χ0n) is 13.4. The van der Waals surface area contributed by atoms with Crippen molar-refractivity contribution in [3.8, 4) is 0 Å². The highest BCUT2D eigenvalue weighted by atomic mass is 16.4. The lowest BCUT2D eigenvalue weighted by atomic mass is 9.94. The molecule has 0 spiro atoms. The smallest absolute Gasteiger partial charge is 0.0445 e. The normalized spacial score (nSPS) is 12.5. The maximum Gasteiger partial charge on any atom is 0.0445 e. The Kier molecular flexibility index (Phi) is 14.4. The molecule has 20 heavy (non-hydrogen) atoms. The van der Waals surface area contributed by atoms with Crippen LogP contribution in [-0.4, -0.2) is 12.5 Å². The zero-order chi connectivity index (χ0) is 15.1. The summed E-state index contributed by atoms with van der Waals surface area (Å²) in [5.41, 5.74) is 5.43. The van der Waals surface area contributed by atoms with E-state index in [0.29, 0.717) is 6.54 Å². The number of rotatable bonds is 15. The molecule has 0 aromatic rings. The Labute approximate surface area is 125 Å². The predicted molar refractivity (Wildman–Crippen MR) is 83.2 cm³/mol. The molecule has 1 unspecified atom stereocenters. The summed E-state index contributed by atoms with van der Waals surface area (Å²) >= 11 is 0. The lowest BCUT2D eigenvalue weighted by Crippen LogP contribution is -2.31. The van der Waals surface area contributed by atoms with Gasteiger partial charge in [-0.1, -0.05) is 71.1 Å². The fourth-order valence-electron chi connectivity index (χ4n) is 2.62. The minimum Gasteiger partial charge on any atom is -0.550 e. The van der Waals surface area contributed by atoms with Crippen molar-refractivity contribution in [1.29, 1.82) is 0 Å². The number of unbranched alkanes of at least 4 members (excludes halogenated alkanes) is 9. The Balaban J connectivity index is 3.48. The topological polar surface area (TPSA) is 66.2 Å². The average molecular weight is 284 g/mol. The van der Waals surface area contributed by atoms with E-state index in [1.54, 1.807) is 0 Å². The average Bonchev–Trinajstić information content (AvgIpc) is 2.43. The number of aliphatic carboxylic acids is 1. The van der Waals surface area contributed by atoms with Gasteiger partial charge in [0.25, 0.3) is 0 Å². The van der Waals surface area contributed by atoms with E-state index in [1.807, 2.05) is 0 Å². The molecule has 0 aliphatic carbocycles. The number of carboxylic acid groups (broad SMARTS) is 1. The van der Waals surface area contributed by atoms with Gasteiger partial charge in [0.2, 0.25) is 0 Å². The third-order valence-corrected chi connectivity index (χ3v) is 4.00. The maximum absolute atomic E-state index is 11.1. The fourth-order valence-corrected chi connectivity index (χ4v) is 2.62. The molecule has 0 aromatic heterocycles. The van der Waals surface area contributed by atoms with Crippen molar-refractivity contribution in [3.63, 3.8) is 0 Å². The highest BCUT2D eigenvalue weighted by molar-refractivity contribution is 5.67. The van der Waals surface area contributed by atoms with E-state index in [-0.39, 0.29) is 5.92 Å². The second kappa shape index (κ2) is 14.8. The van der Waals surface area contributed by atoms with Crippen molar-refractivity contribution in [2.75, 3.05) is 6.54 Å². The third-order valence-electron chi connectivity index (χ3n) is 4.00. The summed E-state index contributed by atoms with van der Waals surface area (Å²) in [6.07, 6.45) is 14.6. The summed E-state index contributed by atoms with van der Waals surface area (Å²) in [6.45, 7) is 2.93. The van der Waals surface area contributed by atoms with Gasteiger partial charge in [-0.2, -0.15) is 0 Å². The van der Waals surface area contributed by atoms with Crippen LogP contribution in [0.5, 0.6) is 0 Å². The first-order chi connectivity index (χ1) is 9.72. The van der Waals surface area contributed by atoms with Gasteiger partial charge >= 0.3 is 0 Å². The first kappa shape index (κ1) is 19.4. The van der Waals surface area contributed by atoms with Crippen molar-refractivity contribution in [1.82, 2.24) is 0 Å². The summed E-state index contributed by atoms with van der Waals surface area (Å²) < 4.78 is 0. The van der Waals surface area contributed by atoms with Gasteiger partial charge < -0.3 is 15.6 Å². The Hall–Kier alpha value is -0.570. The van der Waals surface area contributed by atoms with E-state index >= 15 is 0 Å². The standard InChI is InChI=1S/C17H35NO2/c1-2-3-4-5-6-7-8-10-13-16(17(19)20)14-11-9-12-15-18/h16H,2-15,18H2,1H3,(H,19,20)/p-1. The Morgan fingerprint density at radius 2 is 1.30 bits per heavy atom. The zero-order valence-corrected chi connectivity index (χ0v) is 13.4. The fraction of sp³-hybridized carbons (Fsp3) is 0.941. The molecule has 0 radical (unpaired) electrons. The molecule has 120 valence electrons. The second-order valence-electron chi connectivity index (χ2n) is 5.92. The molecular weight excluding hydrogens is 250 g/mol. The van der Waals surface area contributed by atoms with Crippen LogP contribution in [0.4, 0.5) is 0 Å². The van der Waals surface area contributed by atoms with Crippen LogP contribution >= 0.6 is 0 Å². The van der Waals surface area contributed by atoms with Crippen LogP contribution in [0, 0.1) is 5.92 Å². The van der Waals surface area contributed by atoms with E-state index in [4.69, 9.17) is 5.73 Å². The quantitative estimate of drug-likeness (QED) is 0.469. The van der Waals surface area contributed by atoms with Crippen LogP contribution in [0.15, 0.2) is 0 Å². The minimum absolute atomic E-state index is 0.243. The molecule has 0 saturated heterocycles. The highest BCUT2D eigenvalue weighted by Gasteiger charge is 2.09. The van der Waals surface area contributed by atoms with Gasteiger partial charge in [-0.05, 0) is 31.7 Å². The van der Waals surface area contributed by atoms with Gasteiger partial charge in [-0.15, -0.1) is 0 Å². The van der Waals surface area contributed by atoms with E-state index in [1.165, 1.54) is 44.9 Å². The van der Waals surface area contributed by atoms with Crippen LogP contribution < -0.4 is 10.8 Å². The summed E-state index contributed by atoms with van der Waals surface area (Å²) in [5.74, 6) is -1.10. The Morgan fingerprint density at radius 1 is 0.850 bits per heavy atom. The van der Waals surface area contributed by atoms with E-state index in [2.05, 4.69) is 6.92 Å². The molecule has 3 nitrogen and oxygen atoms in total. The van der Waals surface area contributed by atoms with Crippen molar-refractivity contribution in [2.45, 2.75) is 90.4 Å².